The summed E-state index contributed by atoms with van der Waals surface area (Å²) in [6, 6.07) is 10.0. The molecule has 43 heavy (non-hydrogen) atoms. The lowest BCUT2D eigenvalue weighted by molar-refractivity contribution is -0.137. The Morgan fingerprint density at radius 2 is 1.72 bits per heavy atom. The molecule has 0 radical (unpaired) electrons. The molecule has 1 aromatic carbocycles. The van der Waals surface area contributed by atoms with Gasteiger partial charge in [-0.3, -0.25) is 14.3 Å². The number of benzene rings is 1. The molecule has 13 heteroatoms. The minimum atomic E-state index is -3.44. The quantitative estimate of drug-likeness (QED) is 0.197. The highest BCUT2D eigenvalue weighted by Crippen LogP contribution is 2.35. The number of carboxylic acid groups (broad SMARTS) is 1. The second kappa shape index (κ2) is 13.0. The van der Waals surface area contributed by atoms with E-state index >= 15 is 0 Å². The fraction of sp³-hybridized carbons (Fsp3) is 0.467. The van der Waals surface area contributed by atoms with Crippen molar-refractivity contribution >= 4 is 39.2 Å². The van der Waals surface area contributed by atoms with Crippen LogP contribution in [0.4, 0.5) is 17.3 Å². The molecule has 1 amide bonds. The molecule has 1 unspecified atom stereocenters. The van der Waals surface area contributed by atoms with E-state index in [1.54, 1.807) is 54.2 Å². The fourth-order valence-corrected chi connectivity index (χ4v) is 4.96. The van der Waals surface area contributed by atoms with Gasteiger partial charge in [-0.2, -0.15) is 5.10 Å². The van der Waals surface area contributed by atoms with Gasteiger partial charge in [0.25, 0.3) is 5.91 Å². The number of carbonyl (C=O) groups excluding carboxylic acids is 1. The van der Waals surface area contributed by atoms with Gasteiger partial charge in [-0.25, -0.2) is 18.1 Å². The number of nitrogens with zero attached hydrogens (tertiary/aromatic N) is 3. The van der Waals surface area contributed by atoms with Gasteiger partial charge in [0.15, 0.2) is 0 Å². The summed E-state index contributed by atoms with van der Waals surface area (Å²) in [5.74, 6) is -0.286. The number of nitrogens with one attached hydrogen (secondary N) is 2. The van der Waals surface area contributed by atoms with Gasteiger partial charge >= 0.3 is 5.97 Å². The lowest BCUT2D eigenvalue weighted by Crippen LogP contribution is -2.32. The van der Waals surface area contributed by atoms with E-state index in [4.69, 9.17) is 20.7 Å². The highest BCUT2D eigenvalue weighted by molar-refractivity contribution is 7.92. The van der Waals surface area contributed by atoms with Crippen molar-refractivity contribution in [1.82, 2.24) is 14.8 Å². The zero-order valence-corrected chi connectivity index (χ0v) is 26.6. The van der Waals surface area contributed by atoms with Crippen molar-refractivity contribution in [2.75, 3.05) is 15.8 Å². The highest BCUT2D eigenvalue weighted by atomic mass is 32.2. The lowest BCUT2D eigenvalue weighted by atomic mass is 9.86. The number of pyridine rings is 1. The number of anilines is 3. The number of sulfonamides is 1. The van der Waals surface area contributed by atoms with Gasteiger partial charge in [-0.1, -0.05) is 32.9 Å². The Morgan fingerprint density at radius 3 is 2.21 bits per heavy atom. The predicted molar refractivity (Wildman–Crippen MR) is 167 cm³/mol. The molecule has 3 aromatic rings. The molecule has 0 aliphatic heterocycles. The first-order valence-corrected chi connectivity index (χ1v) is 15.7. The molecule has 5 N–H and O–H groups in total. The number of aromatic nitrogens is 3. The van der Waals surface area contributed by atoms with Gasteiger partial charge in [-0.15, -0.1) is 0 Å². The van der Waals surface area contributed by atoms with Crippen LogP contribution < -0.4 is 20.5 Å². The highest BCUT2D eigenvalue weighted by Gasteiger charge is 2.30. The smallest absolute Gasteiger partial charge is 0.303 e. The van der Waals surface area contributed by atoms with E-state index in [0.717, 1.165) is 0 Å². The normalized spacial score (nSPS) is 12.9. The van der Waals surface area contributed by atoms with Crippen LogP contribution in [0.5, 0.6) is 5.75 Å². The zero-order valence-electron chi connectivity index (χ0n) is 25.8. The molecule has 0 bridgehead atoms. The number of rotatable bonds is 13. The molecule has 0 aliphatic carbocycles. The van der Waals surface area contributed by atoms with Crippen molar-refractivity contribution in [3.8, 4) is 17.0 Å². The van der Waals surface area contributed by atoms with E-state index in [-0.39, 0.29) is 29.3 Å². The third-order valence-corrected chi connectivity index (χ3v) is 7.97. The Kier molecular flexibility index (Phi) is 10.1. The van der Waals surface area contributed by atoms with Gasteiger partial charge < -0.3 is 20.9 Å². The van der Waals surface area contributed by atoms with Crippen molar-refractivity contribution in [2.45, 2.75) is 79.4 Å². The van der Waals surface area contributed by atoms with Crippen LogP contribution in [-0.4, -0.2) is 52.0 Å². The van der Waals surface area contributed by atoms with Crippen molar-refractivity contribution < 1.29 is 27.9 Å². The Labute approximate surface area is 253 Å². The second-order valence-corrected chi connectivity index (χ2v) is 14.4. The Morgan fingerprint density at radius 1 is 1.07 bits per heavy atom. The zero-order chi connectivity index (χ0) is 32.2. The molecule has 12 nitrogen and oxygen atoms in total. The number of carbonyl (C=O) groups is 2. The van der Waals surface area contributed by atoms with E-state index in [0.29, 0.717) is 47.2 Å². The lowest BCUT2D eigenvalue weighted by Gasteiger charge is -2.31. The molecule has 0 saturated heterocycles. The van der Waals surface area contributed by atoms with Crippen LogP contribution in [0.15, 0.2) is 42.6 Å². The van der Waals surface area contributed by atoms with Crippen LogP contribution in [0, 0.1) is 5.41 Å². The number of nitrogens with two attached hydrogens (primary N) is 1. The molecule has 0 saturated carbocycles. The summed E-state index contributed by atoms with van der Waals surface area (Å²) >= 11 is 0. The number of hydrogen-bond donors (Lipinski definition) is 4. The number of carboxylic acids is 1. The van der Waals surface area contributed by atoms with Gasteiger partial charge in [0.1, 0.15) is 34.7 Å². The van der Waals surface area contributed by atoms with Crippen LogP contribution in [0.2, 0.25) is 0 Å². The van der Waals surface area contributed by atoms with Gasteiger partial charge in [-0.05, 0) is 70.2 Å². The number of ether oxygens (including phenoxy) is 1. The molecule has 3 rings (SSSR count). The van der Waals surface area contributed by atoms with Crippen LogP contribution in [0.1, 0.15) is 78.1 Å². The van der Waals surface area contributed by atoms with E-state index in [2.05, 4.69) is 15.0 Å². The Bertz CT molecular complexity index is 1540. The minimum absolute atomic E-state index is 0.0588. The van der Waals surface area contributed by atoms with E-state index in [1.807, 2.05) is 41.5 Å². The number of primary amides is 1. The maximum absolute atomic E-state index is 12.8. The summed E-state index contributed by atoms with van der Waals surface area (Å²) in [6.45, 7) is 13.5. The average Bonchev–Trinajstić information content (AvgIpc) is 3.28. The SMILES string of the molecule is CCS(=O)(=O)Nc1ccc(-c2nn(C(C)(C)C)c(Nc3ccc(OC(CCCC(=O)O)C(C)(C)C)cn3)c2C(N)=O)cc1. The summed E-state index contributed by atoms with van der Waals surface area (Å²) < 4.78 is 34.3. The van der Waals surface area contributed by atoms with Crippen molar-refractivity contribution in [3.05, 3.63) is 48.2 Å². The fourth-order valence-electron chi connectivity index (χ4n) is 4.32. The van der Waals surface area contributed by atoms with Gasteiger partial charge in [0, 0.05) is 17.7 Å². The van der Waals surface area contributed by atoms with E-state index in [9.17, 15) is 18.0 Å². The number of hydrogen-bond acceptors (Lipinski definition) is 8. The summed E-state index contributed by atoms with van der Waals surface area (Å²) in [5.41, 5.74) is 6.56. The maximum Gasteiger partial charge on any atom is 0.303 e. The standard InChI is InChI=1S/C30H42N6O6S/c1-8-43(40,41)35-20-14-12-19(13-15-20)26-25(27(31)39)28(36(34-26)30(5,6)7)33-23-17-16-21(18-32-23)42-22(29(2,3)4)10-9-11-24(37)38/h12-18,22,35H,8-11H2,1-7H3,(H2,31,39)(H,32,33)(H,37,38). The third kappa shape index (κ3) is 8.93. The van der Waals surface area contributed by atoms with E-state index in [1.165, 1.54) is 0 Å². The molecular formula is C30H42N6O6S. The van der Waals surface area contributed by atoms with Crippen LogP contribution in [-0.2, 0) is 20.4 Å². The van der Waals surface area contributed by atoms with Crippen molar-refractivity contribution in [2.24, 2.45) is 11.1 Å². The van der Waals surface area contributed by atoms with Crippen molar-refractivity contribution in [3.63, 3.8) is 0 Å². The molecule has 234 valence electrons. The third-order valence-electron chi connectivity index (χ3n) is 6.66. The first-order chi connectivity index (χ1) is 19.9. The van der Waals surface area contributed by atoms with Crippen molar-refractivity contribution in [1.29, 1.82) is 0 Å². The summed E-state index contributed by atoms with van der Waals surface area (Å²) in [6.07, 6.45) is 2.50. The molecule has 0 fully saturated rings. The molecule has 2 heterocycles. The van der Waals surface area contributed by atoms with Crippen LogP contribution >= 0.6 is 0 Å². The average molecular weight is 615 g/mol. The van der Waals surface area contributed by atoms with Crippen LogP contribution in [0.3, 0.4) is 0 Å². The summed E-state index contributed by atoms with van der Waals surface area (Å²) in [4.78, 5) is 28.3. The molecular weight excluding hydrogens is 572 g/mol. The molecule has 0 spiro atoms. The number of amides is 1. The van der Waals surface area contributed by atoms with Crippen LogP contribution in [0.25, 0.3) is 11.3 Å². The van der Waals surface area contributed by atoms with E-state index < -0.39 is 27.4 Å². The molecule has 0 aliphatic rings. The summed E-state index contributed by atoms with van der Waals surface area (Å²) in [7, 11) is -3.44. The topological polar surface area (TPSA) is 179 Å². The minimum Gasteiger partial charge on any atom is -0.488 e. The summed E-state index contributed by atoms with van der Waals surface area (Å²) in [5, 5.41) is 16.9. The molecule has 1 atom stereocenters. The first-order valence-electron chi connectivity index (χ1n) is 14.1. The van der Waals surface area contributed by atoms with Gasteiger partial charge in [0.05, 0.1) is 17.5 Å². The largest absolute Gasteiger partial charge is 0.488 e. The Hall–Kier alpha value is -4.13. The Balaban J connectivity index is 1.93. The first kappa shape index (κ1) is 33.4. The monoisotopic (exact) mass is 614 g/mol. The predicted octanol–water partition coefficient (Wildman–Crippen LogP) is 5.35. The molecule has 2 aromatic heterocycles. The maximum atomic E-state index is 12.8. The number of aliphatic carboxylic acids is 1. The second-order valence-electron chi connectivity index (χ2n) is 12.4. The van der Waals surface area contributed by atoms with Gasteiger partial charge in [0.2, 0.25) is 10.0 Å².